The molecule has 0 spiro atoms. The maximum Gasteiger partial charge on any atom is 0.243 e. The molecule has 0 radical (unpaired) electrons. The number of hydrogen-bond donors (Lipinski definition) is 1. The lowest BCUT2D eigenvalue weighted by molar-refractivity contribution is -0.121. The van der Waals surface area contributed by atoms with Crippen molar-refractivity contribution in [1.29, 1.82) is 0 Å². The first-order valence-corrected chi connectivity index (χ1v) is 12.7. The molecule has 0 aliphatic heterocycles. The van der Waals surface area contributed by atoms with Gasteiger partial charge in [-0.2, -0.15) is 11.8 Å². The number of sulfonamides is 1. The van der Waals surface area contributed by atoms with Gasteiger partial charge >= 0.3 is 0 Å². The fourth-order valence-electron chi connectivity index (χ4n) is 2.74. The van der Waals surface area contributed by atoms with E-state index in [4.69, 9.17) is 23.2 Å². The molecule has 0 unspecified atom stereocenters. The molecule has 0 aromatic heterocycles. The van der Waals surface area contributed by atoms with E-state index in [1.807, 2.05) is 19.1 Å². The molecule has 158 valence electrons. The van der Waals surface area contributed by atoms with Crippen molar-refractivity contribution in [3.05, 3.63) is 63.6 Å². The number of thioether (sulfide) groups is 1. The molecule has 0 saturated carbocycles. The molecule has 5 nitrogen and oxygen atoms in total. The highest BCUT2D eigenvalue weighted by Gasteiger charge is 2.28. The van der Waals surface area contributed by atoms with Crippen LogP contribution in [0.1, 0.15) is 18.1 Å². The SMILES string of the molecule is Cc1ccc(N([C@@H](C)C(=O)NCCSCc2c(Cl)cccc2Cl)S(C)(=O)=O)cc1. The standard InChI is InChI=1S/C20H24Cl2N2O3S2/c1-14-7-9-16(10-8-14)24(29(3,26)27)15(2)20(25)23-11-12-28-13-17-18(21)5-4-6-19(17)22/h4-10,15H,11-13H2,1-3H3,(H,23,25)/t15-/m0/s1. The second kappa shape index (κ2) is 10.6. The van der Waals surface area contributed by atoms with Gasteiger partial charge in [0.05, 0.1) is 11.9 Å². The molecule has 2 aromatic carbocycles. The van der Waals surface area contributed by atoms with Crippen LogP contribution in [-0.4, -0.2) is 38.9 Å². The normalized spacial score (nSPS) is 12.4. The number of benzene rings is 2. The Morgan fingerprint density at radius 1 is 1.14 bits per heavy atom. The quantitative estimate of drug-likeness (QED) is 0.543. The zero-order valence-corrected chi connectivity index (χ0v) is 19.6. The highest BCUT2D eigenvalue weighted by Crippen LogP contribution is 2.28. The van der Waals surface area contributed by atoms with Crippen LogP contribution in [0.3, 0.4) is 0 Å². The van der Waals surface area contributed by atoms with Crippen molar-refractivity contribution in [2.45, 2.75) is 25.6 Å². The van der Waals surface area contributed by atoms with Gasteiger partial charge in [0, 0.05) is 28.1 Å². The van der Waals surface area contributed by atoms with Gasteiger partial charge in [0.25, 0.3) is 0 Å². The van der Waals surface area contributed by atoms with Crippen LogP contribution in [0.15, 0.2) is 42.5 Å². The Labute approximate surface area is 186 Å². The van der Waals surface area contributed by atoms with Crippen LogP contribution in [0.25, 0.3) is 0 Å². The molecule has 0 aliphatic rings. The van der Waals surface area contributed by atoms with E-state index in [0.717, 1.165) is 21.7 Å². The molecule has 2 aromatic rings. The van der Waals surface area contributed by atoms with Gasteiger partial charge in [-0.05, 0) is 43.7 Å². The third kappa shape index (κ3) is 6.81. The first kappa shape index (κ1) is 23.9. The number of anilines is 1. The van der Waals surface area contributed by atoms with Crippen LogP contribution in [0.5, 0.6) is 0 Å². The lowest BCUT2D eigenvalue weighted by Crippen LogP contribution is -2.48. The minimum atomic E-state index is -3.62. The molecular weight excluding hydrogens is 451 g/mol. The molecule has 2 rings (SSSR count). The summed E-state index contributed by atoms with van der Waals surface area (Å²) in [6.45, 7) is 3.90. The Morgan fingerprint density at radius 2 is 1.72 bits per heavy atom. The second-order valence-electron chi connectivity index (χ2n) is 6.61. The first-order valence-electron chi connectivity index (χ1n) is 8.95. The molecule has 0 aliphatic carbocycles. The summed E-state index contributed by atoms with van der Waals surface area (Å²) in [4.78, 5) is 12.5. The van der Waals surface area contributed by atoms with Crippen LogP contribution in [0.2, 0.25) is 10.0 Å². The Morgan fingerprint density at radius 3 is 2.28 bits per heavy atom. The highest BCUT2D eigenvalue weighted by molar-refractivity contribution is 7.98. The van der Waals surface area contributed by atoms with Crippen molar-refractivity contribution in [1.82, 2.24) is 5.32 Å². The average Bonchev–Trinajstić information content (AvgIpc) is 2.64. The van der Waals surface area contributed by atoms with Crippen LogP contribution in [0.4, 0.5) is 5.69 Å². The molecule has 1 N–H and O–H groups in total. The molecule has 1 atom stereocenters. The molecule has 0 fully saturated rings. The maximum absolute atomic E-state index is 12.5. The number of amides is 1. The van der Waals surface area contributed by atoms with Crippen LogP contribution < -0.4 is 9.62 Å². The number of carbonyl (C=O) groups is 1. The number of hydrogen-bond acceptors (Lipinski definition) is 4. The van der Waals surface area contributed by atoms with E-state index in [2.05, 4.69) is 5.32 Å². The predicted octanol–water partition coefficient (Wildman–Crippen LogP) is 4.51. The van der Waals surface area contributed by atoms with Gasteiger partial charge in [0.1, 0.15) is 6.04 Å². The van der Waals surface area contributed by atoms with Crippen molar-refractivity contribution in [2.75, 3.05) is 22.9 Å². The largest absolute Gasteiger partial charge is 0.353 e. The minimum absolute atomic E-state index is 0.354. The van der Waals surface area contributed by atoms with Crippen LogP contribution in [-0.2, 0) is 20.6 Å². The topological polar surface area (TPSA) is 66.5 Å². The fraction of sp³-hybridized carbons (Fsp3) is 0.350. The maximum atomic E-state index is 12.5. The van der Waals surface area contributed by atoms with E-state index in [1.54, 1.807) is 49.0 Å². The van der Waals surface area contributed by atoms with Gasteiger partial charge in [-0.25, -0.2) is 8.42 Å². The number of aryl methyl sites for hydroxylation is 1. The third-order valence-corrected chi connectivity index (χ3v) is 7.17. The summed E-state index contributed by atoms with van der Waals surface area (Å²) in [5.74, 6) is 0.916. The van der Waals surface area contributed by atoms with E-state index in [-0.39, 0.29) is 5.91 Å². The number of nitrogens with zero attached hydrogens (tertiary/aromatic N) is 1. The van der Waals surface area contributed by atoms with E-state index in [9.17, 15) is 13.2 Å². The summed E-state index contributed by atoms with van der Waals surface area (Å²) in [5, 5.41) is 4.03. The zero-order valence-electron chi connectivity index (χ0n) is 16.5. The Balaban J connectivity index is 1.92. The van der Waals surface area contributed by atoms with Gasteiger partial charge in [-0.3, -0.25) is 9.10 Å². The van der Waals surface area contributed by atoms with Crippen molar-refractivity contribution < 1.29 is 13.2 Å². The van der Waals surface area contributed by atoms with Crippen LogP contribution in [0, 0.1) is 6.92 Å². The van der Waals surface area contributed by atoms with Gasteiger partial charge in [-0.1, -0.05) is 47.0 Å². The zero-order chi connectivity index (χ0) is 21.6. The summed E-state index contributed by atoms with van der Waals surface area (Å²) in [6, 6.07) is 11.5. The van der Waals surface area contributed by atoms with E-state index >= 15 is 0 Å². The second-order valence-corrected chi connectivity index (χ2v) is 10.4. The van der Waals surface area contributed by atoms with Crippen LogP contribution >= 0.6 is 35.0 Å². The van der Waals surface area contributed by atoms with E-state index in [0.29, 0.717) is 33.8 Å². The Bertz CT molecular complexity index is 930. The molecule has 0 heterocycles. The molecular formula is C20H24Cl2N2O3S2. The smallest absolute Gasteiger partial charge is 0.243 e. The van der Waals surface area contributed by atoms with Crippen molar-refractivity contribution in [2.24, 2.45) is 0 Å². The first-order chi connectivity index (χ1) is 13.6. The van der Waals surface area contributed by atoms with E-state index in [1.165, 1.54) is 0 Å². The molecule has 1 amide bonds. The number of carbonyl (C=O) groups excluding carboxylic acids is 1. The number of halogens is 2. The Hall–Kier alpha value is -1.41. The summed E-state index contributed by atoms with van der Waals surface area (Å²) in [7, 11) is -3.62. The molecule has 0 saturated heterocycles. The van der Waals surface area contributed by atoms with Crippen molar-refractivity contribution >= 4 is 56.6 Å². The van der Waals surface area contributed by atoms with Crippen molar-refractivity contribution in [3.8, 4) is 0 Å². The summed E-state index contributed by atoms with van der Waals surface area (Å²) in [6.07, 6.45) is 1.10. The van der Waals surface area contributed by atoms with E-state index < -0.39 is 16.1 Å². The average molecular weight is 475 g/mol. The van der Waals surface area contributed by atoms with Gasteiger partial charge in [0.15, 0.2) is 0 Å². The predicted molar refractivity (Wildman–Crippen MR) is 124 cm³/mol. The lowest BCUT2D eigenvalue weighted by Gasteiger charge is -2.28. The third-order valence-electron chi connectivity index (χ3n) is 4.23. The molecule has 9 heteroatoms. The fourth-order valence-corrected chi connectivity index (χ4v) is 5.51. The summed E-state index contributed by atoms with van der Waals surface area (Å²) in [5.41, 5.74) is 2.33. The Kier molecular flexibility index (Phi) is 8.70. The lowest BCUT2D eigenvalue weighted by atomic mass is 10.2. The van der Waals surface area contributed by atoms with Gasteiger partial charge in [0.2, 0.25) is 15.9 Å². The van der Waals surface area contributed by atoms with Gasteiger partial charge in [-0.15, -0.1) is 0 Å². The highest BCUT2D eigenvalue weighted by atomic mass is 35.5. The summed E-state index contributed by atoms with van der Waals surface area (Å²) >= 11 is 13.9. The number of nitrogens with one attached hydrogen (secondary N) is 1. The minimum Gasteiger partial charge on any atom is -0.353 e. The monoisotopic (exact) mass is 474 g/mol. The van der Waals surface area contributed by atoms with Crippen molar-refractivity contribution in [3.63, 3.8) is 0 Å². The van der Waals surface area contributed by atoms with Gasteiger partial charge < -0.3 is 5.32 Å². The summed E-state index contributed by atoms with van der Waals surface area (Å²) < 4.78 is 25.7. The number of rotatable bonds is 9. The molecule has 29 heavy (non-hydrogen) atoms. The molecule has 0 bridgehead atoms.